The number of aromatic nitrogens is 6. The molecule has 0 aromatic carbocycles. The summed E-state index contributed by atoms with van der Waals surface area (Å²) in [6, 6.07) is 1.73. The predicted octanol–water partition coefficient (Wildman–Crippen LogP) is -0.942. The SMILES string of the molecule is NNc1cc2nncn2c2ncnn12. The maximum atomic E-state index is 5.34. The number of fused-ring (bicyclic) bond motifs is 3. The van der Waals surface area contributed by atoms with Crippen molar-refractivity contribution in [3.05, 3.63) is 18.7 Å². The monoisotopic (exact) mass is 190 g/mol. The Balaban J connectivity index is 2.59. The zero-order chi connectivity index (χ0) is 9.54. The van der Waals surface area contributed by atoms with Crippen molar-refractivity contribution in [3.8, 4) is 0 Å². The van der Waals surface area contributed by atoms with Crippen LogP contribution in [0.3, 0.4) is 0 Å². The first-order valence-corrected chi connectivity index (χ1v) is 3.89. The molecule has 0 atom stereocenters. The predicted molar refractivity (Wildman–Crippen MR) is 47.3 cm³/mol. The van der Waals surface area contributed by atoms with E-state index in [1.165, 1.54) is 6.33 Å². The molecule has 3 N–H and O–H groups in total. The lowest BCUT2D eigenvalue weighted by Crippen LogP contribution is -2.12. The first-order valence-electron chi connectivity index (χ1n) is 3.89. The second-order valence-electron chi connectivity index (χ2n) is 2.70. The molecule has 0 bridgehead atoms. The lowest BCUT2D eigenvalue weighted by atomic mass is 10.5. The molecule has 70 valence electrons. The number of hydrogen-bond acceptors (Lipinski definition) is 6. The summed E-state index contributed by atoms with van der Waals surface area (Å²) >= 11 is 0. The minimum atomic E-state index is 0.609. The molecule has 14 heavy (non-hydrogen) atoms. The van der Waals surface area contributed by atoms with Gasteiger partial charge >= 0.3 is 0 Å². The molecule has 0 saturated carbocycles. The molecule has 3 aromatic heterocycles. The van der Waals surface area contributed by atoms with Gasteiger partial charge in [0, 0.05) is 6.07 Å². The Bertz CT molecular complexity index is 592. The lowest BCUT2D eigenvalue weighted by Gasteiger charge is -2.02. The van der Waals surface area contributed by atoms with Gasteiger partial charge in [-0.25, -0.2) is 10.2 Å². The number of anilines is 1. The Labute approximate surface area is 77.3 Å². The number of hydrazine groups is 1. The molecule has 3 rings (SSSR count). The van der Waals surface area contributed by atoms with Crippen molar-refractivity contribution in [1.29, 1.82) is 0 Å². The maximum absolute atomic E-state index is 5.34. The van der Waals surface area contributed by atoms with Crippen molar-refractivity contribution in [3.63, 3.8) is 0 Å². The van der Waals surface area contributed by atoms with E-state index in [1.807, 2.05) is 0 Å². The molecule has 3 aromatic rings. The van der Waals surface area contributed by atoms with Crippen LogP contribution in [0.5, 0.6) is 0 Å². The second-order valence-corrected chi connectivity index (χ2v) is 2.70. The summed E-state index contributed by atoms with van der Waals surface area (Å²) in [5.74, 6) is 6.56. The minimum Gasteiger partial charge on any atom is -0.308 e. The van der Waals surface area contributed by atoms with Crippen LogP contribution in [0, 0.1) is 0 Å². The third-order valence-electron chi connectivity index (χ3n) is 1.96. The standard InChI is InChI=1S/C6H6N8/c7-11-4-1-5-12-9-3-13(5)6-8-2-10-14(4)6/h1-3,11H,7H2. The highest BCUT2D eigenvalue weighted by Gasteiger charge is 2.07. The zero-order valence-corrected chi connectivity index (χ0v) is 6.99. The van der Waals surface area contributed by atoms with Crippen LogP contribution in [0.25, 0.3) is 11.4 Å². The van der Waals surface area contributed by atoms with Crippen molar-refractivity contribution in [2.75, 3.05) is 5.43 Å². The smallest absolute Gasteiger partial charge is 0.241 e. The summed E-state index contributed by atoms with van der Waals surface area (Å²) < 4.78 is 3.28. The van der Waals surface area contributed by atoms with Crippen LogP contribution >= 0.6 is 0 Å². The average Bonchev–Trinajstić information content (AvgIpc) is 2.83. The molecule has 8 heteroatoms. The number of hydrogen-bond donors (Lipinski definition) is 2. The van der Waals surface area contributed by atoms with Crippen LogP contribution in [-0.2, 0) is 0 Å². The van der Waals surface area contributed by atoms with Gasteiger partial charge < -0.3 is 5.43 Å². The highest BCUT2D eigenvalue weighted by molar-refractivity contribution is 5.56. The van der Waals surface area contributed by atoms with Crippen LogP contribution in [0.15, 0.2) is 18.7 Å². The van der Waals surface area contributed by atoms with E-state index < -0.39 is 0 Å². The third kappa shape index (κ3) is 0.746. The molecular formula is C6H6N8. The largest absolute Gasteiger partial charge is 0.308 e. The van der Waals surface area contributed by atoms with Gasteiger partial charge in [0.15, 0.2) is 5.65 Å². The fraction of sp³-hybridized carbons (Fsp3) is 0. The van der Waals surface area contributed by atoms with Crippen LogP contribution in [-0.4, -0.2) is 29.2 Å². The van der Waals surface area contributed by atoms with Crippen molar-refractivity contribution < 1.29 is 0 Å². The van der Waals surface area contributed by atoms with Gasteiger partial charge in [-0.1, -0.05) is 0 Å². The van der Waals surface area contributed by atoms with Crippen LogP contribution in [0.2, 0.25) is 0 Å². The maximum Gasteiger partial charge on any atom is 0.241 e. The van der Waals surface area contributed by atoms with Gasteiger partial charge in [-0.3, -0.25) is 0 Å². The van der Waals surface area contributed by atoms with E-state index in [0.29, 0.717) is 17.2 Å². The molecule has 8 nitrogen and oxygen atoms in total. The number of nitrogens with two attached hydrogens (primary N) is 1. The number of nitrogen functional groups attached to an aromatic ring is 1. The van der Waals surface area contributed by atoms with E-state index >= 15 is 0 Å². The second kappa shape index (κ2) is 2.39. The Hall–Kier alpha value is -2.22. The Morgan fingerprint density at radius 1 is 1.43 bits per heavy atom. The molecule has 0 radical (unpaired) electrons. The molecule has 0 aliphatic rings. The highest BCUT2D eigenvalue weighted by atomic mass is 15.4. The third-order valence-corrected chi connectivity index (χ3v) is 1.96. The van der Waals surface area contributed by atoms with E-state index in [2.05, 4.69) is 25.7 Å². The average molecular weight is 190 g/mol. The normalized spacial score (nSPS) is 11.2. The van der Waals surface area contributed by atoms with E-state index in [9.17, 15) is 0 Å². The molecular weight excluding hydrogens is 184 g/mol. The molecule has 0 unspecified atom stereocenters. The molecule has 0 fully saturated rings. The topological polar surface area (TPSA) is 98.4 Å². The Kier molecular flexibility index (Phi) is 1.23. The highest BCUT2D eigenvalue weighted by Crippen LogP contribution is 2.11. The van der Waals surface area contributed by atoms with Crippen molar-refractivity contribution in [2.45, 2.75) is 0 Å². The fourth-order valence-corrected chi connectivity index (χ4v) is 1.35. The van der Waals surface area contributed by atoms with Crippen molar-refractivity contribution >= 4 is 17.2 Å². The van der Waals surface area contributed by atoms with Gasteiger partial charge in [-0.15, -0.1) is 10.2 Å². The number of nitrogens with one attached hydrogen (secondary N) is 1. The summed E-state index contributed by atoms with van der Waals surface area (Å²) in [5.41, 5.74) is 3.18. The van der Waals surface area contributed by atoms with Gasteiger partial charge in [0.05, 0.1) is 0 Å². The first-order chi connectivity index (χ1) is 6.90. The molecule has 0 amide bonds. The van der Waals surface area contributed by atoms with Gasteiger partial charge in [0.2, 0.25) is 5.78 Å². The molecule has 0 spiro atoms. The van der Waals surface area contributed by atoms with Crippen LogP contribution in [0.4, 0.5) is 5.82 Å². The van der Waals surface area contributed by atoms with Gasteiger partial charge in [0.1, 0.15) is 18.5 Å². The first kappa shape index (κ1) is 7.21. The van der Waals surface area contributed by atoms with Crippen molar-refractivity contribution in [1.82, 2.24) is 29.2 Å². The summed E-state index contributed by atoms with van der Waals surface area (Å²) in [6.45, 7) is 0. The molecule has 0 aliphatic heterocycles. The zero-order valence-electron chi connectivity index (χ0n) is 6.99. The molecule has 3 heterocycles. The van der Waals surface area contributed by atoms with Crippen LogP contribution < -0.4 is 11.3 Å². The van der Waals surface area contributed by atoms with Crippen LogP contribution in [0.1, 0.15) is 0 Å². The van der Waals surface area contributed by atoms with Gasteiger partial charge in [-0.05, 0) is 0 Å². The van der Waals surface area contributed by atoms with E-state index in [-0.39, 0.29) is 0 Å². The number of nitrogens with zero attached hydrogens (tertiary/aromatic N) is 6. The summed E-state index contributed by atoms with van der Waals surface area (Å²) in [4.78, 5) is 4.07. The van der Waals surface area contributed by atoms with Crippen molar-refractivity contribution in [2.24, 2.45) is 5.84 Å². The van der Waals surface area contributed by atoms with E-state index in [1.54, 1.807) is 21.3 Å². The quantitative estimate of drug-likeness (QED) is 0.379. The van der Waals surface area contributed by atoms with Gasteiger partial charge in [-0.2, -0.15) is 14.6 Å². The van der Waals surface area contributed by atoms with Gasteiger partial charge in [0.25, 0.3) is 0 Å². The molecule has 0 aliphatic carbocycles. The molecule has 0 saturated heterocycles. The Morgan fingerprint density at radius 2 is 2.36 bits per heavy atom. The summed E-state index contributed by atoms with van der Waals surface area (Å²) in [5, 5.41) is 11.7. The van der Waals surface area contributed by atoms with E-state index in [4.69, 9.17) is 5.84 Å². The summed E-state index contributed by atoms with van der Waals surface area (Å²) in [7, 11) is 0. The minimum absolute atomic E-state index is 0.609. The lowest BCUT2D eigenvalue weighted by molar-refractivity contribution is 0.924. The fourth-order valence-electron chi connectivity index (χ4n) is 1.35. The Morgan fingerprint density at radius 3 is 3.21 bits per heavy atom. The van der Waals surface area contributed by atoms with E-state index in [0.717, 1.165) is 0 Å². The summed E-state index contributed by atoms with van der Waals surface area (Å²) in [6.07, 6.45) is 3.01. The number of rotatable bonds is 1.